The van der Waals surface area contributed by atoms with Crippen LogP contribution in [0.15, 0.2) is 23.6 Å². The number of nitrogens with zero attached hydrogens (tertiary/aromatic N) is 1. The molecule has 0 spiro atoms. The van der Waals surface area contributed by atoms with Crippen LogP contribution in [0.25, 0.3) is 0 Å². The Labute approximate surface area is 107 Å². The van der Waals surface area contributed by atoms with Crippen LogP contribution in [0.1, 0.15) is 16.1 Å². The second-order valence-electron chi connectivity index (χ2n) is 3.67. The molecule has 94 valence electrons. The van der Waals surface area contributed by atoms with Gasteiger partial charge >= 0.3 is 5.97 Å². The molecule has 0 aliphatic heterocycles. The van der Waals surface area contributed by atoms with E-state index in [0.717, 1.165) is 5.56 Å². The molecule has 1 heterocycles. The number of hydrogen-bond acceptors (Lipinski definition) is 5. The number of aryl methyl sites for hydroxylation is 1. The first kappa shape index (κ1) is 12.5. The second kappa shape index (κ2) is 5.14. The number of halogens is 1. The third kappa shape index (κ3) is 2.84. The number of carbonyl (C=O) groups excluding carboxylic acids is 1. The number of rotatable bonds is 3. The van der Waals surface area contributed by atoms with E-state index in [-0.39, 0.29) is 11.5 Å². The van der Waals surface area contributed by atoms with Gasteiger partial charge in [0.25, 0.3) is 0 Å². The maximum Gasteiger partial charge on any atom is 0.357 e. The summed E-state index contributed by atoms with van der Waals surface area (Å²) in [5.41, 5.74) is 1.64. The molecule has 2 rings (SSSR count). The van der Waals surface area contributed by atoms with Gasteiger partial charge in [-0.1, -0.05) is 0 Å². The number of ether oxygens (including phenoxy) is 1. The number of nitrogens with one attached hydrogen (secondary N) is 1. The summed E-state index contributed by atoms with van der Waals surface area (Å²) in [6.45, 7) is 1.80. The van der Waals surface area contributed by atoms with Crippen LogP contribution in [-0.2, 0) is 4.74 Å². The molecule has 0 saturated carbocycles. The van der Waals surface area contributed by atoms with Crippen molar-refractivity contribution >= 4 is 28.1 Å². The summed E-state index contributed by atoms with van der Waals surface area (Å²) in [6.07, 6.45) is 0. The van der Waals surface area contributed by atoms with E-state index in [4.69, 9.17) is 0 Å². The van der Waals surface area contributed by atoms with E-state index in [1.807, 2.05) is 0 Å². The molecule has 0 radical (unpaired) electrons. The van der Waals surface area contributed by atoms with Crippen molar-refractivity contribution in [2.75, 3.05) is 12.4 Å². The maximum atomic E-state index is 13.2. The molecular weight excluding hydrogens is 255 g/mol. The van der Waals surface area contributed by atoms with E-state index >= 15 is 0 Å². The van der Waals surface area contributed by atoms with Gasteiger partial charge in [-0.3, -0.25) is 0 Å². The quantitative estimate of drug-likeness (QED) is 0.867. The zero-order valence-corrected chi connectivity index (χ0v) is 10.7. The number of anilines is 2. The smallest absolute Gasteiger partial charge is 0.357 e. The molecule has 0 bridgehead atoms. The van der Waals surface area contributed by atoms with Gasteiger partial charge in [0.2, 0.25) is 0 Å². The van der Waals surface area contributed by atoms with Gasteiger partial charge in [0.05, 0.1) is 7.11 Å². The Balaban J connectivity index is 2.18. The van der Waals surface area contributed by atoms with Crippen molar-refractivity contribution in [3.63, 3.8) is 0 Å². The molecule has 18 heavy (non-hydrogen) atoms. The summed E-state index contributed by atoms with van der Waals surface area (Å²) >= 11 is 1.25. The van der Waals surface area contributed by atoms with Crippen molar-refractivity contribution in [1.29, 1.82) is 0 Å². The first-order valence-electron chi connectivity index (χ1n) is 5.16. The fraction of sp³-hybridized carbons (Fsp3) is 0.167. The number of carbonyl (C=O) groups is 1. The van der Waals surface area contributed by atoms with Crippen molar-refractivity contribution < 1.29 is 13.9 Å². The normalized spacial score (nSPS) is 10.2. The Kier molecular flexibility index (Phi) is 3.57. The zero-order chi connectivity index (χ0) is 13.1. The second-order valence-corrected chi connectivity index (χ2v) is 4.53. The highest BCUT2D eigenvalue weighted by Crippen LogP contribution is 2.22. The van der Waals surface area contributed by atoms with Crippen LogP contribution >= 0.6 is 11.3 Å². The maximum absolute atomic E-state index is 13.2. The molecule has 1 N–H and O–H groups in total. The Morgan fingerprint density at radius 1 is 1.44 bits per heavy atom. The van der Waals surface area contributed by atoms with Gasteiger partial charge in [0.1, 0.15) is 5.82 Å². The Morgan fingerprint density at radius 3 is 2.89 bits per heavy atom. The molecule has 1 aromatic heterocycles. The largest absolute Gasteiger partial charge is 0.464 e. The SMILES string of the molecule is COC(=O)c1csc(Nc2cc(C)cc(F)c2)n1. The van der Waals surface area contributed by atoms with E-state index in [1.165, 1.54) is 30.6 Å². The van der Waals surface area contributed by atoms with Crippen molar-refractivity contribution in [3.8, 4) is 0 Å². The minimum Gasteiger partial charge on any atom is -0.464 e. The fourth-order valence-corrected chi connectivity index (χ4v) is 2.16. The lowest BCUT2D eigenvalue weighted by atomic mass is 10.2. The van der Waals surface area contributed by atoms with Gasteiger partial charge in [-0.15, -0.1) is 11.3 Å². The van der Waals surface area contributed by atoms with Gasteiger partial charge in [0.15, 0.2) is 10.8 Å². The van der Waals surface area contributed by atoms with Crippen molar-refractivity contribution in [2.45, 2.75) is 6.92 Å². The van der Waals surface area contributed by atoms with Crippen LogP contribution < -0.4 is 5.32 Å². The topological polar surface area (TPSA) is 51.2 Å². The van der Waals surface area contributed by atoms with E-state index < -0.39 is 5.97 Å². The van der Waals surface area contributed by atoms with Crippen LogP contribution in [0.5, 0.6) is 0 Å². The Bertz CT molecular complexity index is 563. The number of methoxy groups -OCH3 is 1. The van der Waals surface area contributed by atoms with Crippen LogP contribution in [-0.4, -0.2) is 18.1 Å². The van der Waals surface area contributed by atoms with Crippen molar-refractivity contribution in [1.82, 2.24) is 4.98 Å². The van der Waals surface area contributed by atoms with Crippen LogP contribution in [0.2, 0.25) is 0 Å². The molecular formula is C12H11FN2O2S. The molecule has 1 aromatic carbocycles. The molecule has 0 aliphatic carbocycles. The Hall–Kier alpha value is -1.95. The standard InChI is InChI=1S/C12H11FN2O2S/c1-7-3-8(13)5-9(4-7)14-12-15-10(6-18-12)11(16)17-2/h3-6H,1-2H3,(H,14,15). The molecule has 0 unspecified atom stereocenters. The average molecular weight is 266 g/mol. The summed E-state index contributed by atoms with van der Waals surface area (Å²) in [6, 6.07) is 4.60. The van der Waals surface area contributed by atoms with Crippen molar-refractivity contribution in [2.24, 2.45) is 0 Å². The lowest BCUT2D eigenvalue weighted by Gasteiger charge is -2.03. The summed E-state index contributed by atoms with van der Waals surface area (Å²) in [5, 5.41) is 5.04. The predicted octanol–water partition coefficient (Wildman–Crippen LogP) is 3.12. The van der Waals surface area contributed by atoms with Crippen LogP contribution in [0.4, 0.5) is 15.2 Å². The van der Waals surface area contributed by atoms with Gasteiger partial charge in [-0.25, -0.2) is 14.2 Å². The minimum absolute atomic E-state index is 0.234. The van der Waals surface area contributed by atoms with E-state index in [1.54, 1.807) is 18.4 Å². The Morgan fingerprint density at radius 2 is 2.22 bits per heavy atom. The summed E-state index contributed by atoms with van der Waals surface area (Å²) in [5.74, 6) is -0.808. The molecule has 4 nitrogen and oxygen atoms in total. The van der Waals surface area contributed by atoms with E-state index in [2.05, 4.69) is 15.0 Å². The number of thiazole rings is 1. The van der Waals surface area contributed by atoms with Crippen molar-refractivity contribution in [3.05, 3.63) is 40.7 Å². The molecule has 0 fully saturated rings. The molecule has 0 saturated heterocycles. The number of benzene rings is 1. The lowest BCUT2D eigenvalue weighted by molar-refractivity contribution is 0.0595. The van der Waals surface area contributed by atoms with Gasteiger partial charge in [-0.05, 0) is 30.7 Å². The average Bonchev–Trinajstić information content (AvgIpc) is 2.75. The fourth-order valence-electron chi connectivity index (χ4n) is 1.46. The number of esters is 1. The third-order valence-electron chi connectivity index (χ3n) is 2.19. The summed E-state index contributed by atoms with van der Waals surface area (Å²) in [7, 11) is 1.30. The zero-order valence-electron chi connectivity index (χ0n) is 9.86. The van der Waals surface area contributed by atoms with E-state index in [9.17, 15) is 9.18 Å². The lowest BCUT2D eigenvalue weighted by Crippen LogP contribution is -2.01. The van der Waals surface area contributed by atoms with Gasteiger partial charge in [-0.2, -0.15) is 0 Å². The first-order chi connectivity index (χ1) is 8.58. The summed E-state index contributed by atoms with van der Waals surface area (Å²) in [4.78, 5) is 15.3. The first-order valence-corrected chi connectivity index (χ1v) is 6.04. The monoisotopic (exact) mass is 266 g/mol. The third-order valence-corrected chi connectivity index (χ3v) is 2.95. The van der Waals surface area contributed by atoms with Gasteiger partial charge < -0.3 is 10.1 Å². The molecule has 6 heteroatoms. The summed E-state index contributed by atoms with van der Waals surface area (Å²) < 4.78 is 17.7. The number of hydrogen-bond donors (Lipinski definition) is 1. The predicted molar refractivity (Wildman–Crippen MR) is 67.9 cm³/mol. The molecule has 0 aliphatic rings. The van der Waals surface area contributed by atoms with Gasteiger partial charge in [0, 0.05) is 11.1 Å². The minimum atomic E-state index is -0.491. The molecule has 0 amide bonds. The highest BCUT2D eigenvalue weighted by Gasteiger charge is 2.10. The highest BCUT2D eigenvalue weighted by atomic mass is 32.1. The van der Waals surface area contributed by atoms with Crippen LogP contribution in [0, 0.1) is 12.7 Å². The number of aromatic nitrogens is 1. The molecule has 0 atom stereocenters. The molecule has 2 aromatic rings. The highest BCUT2D eigenvalue weighted by molar-refractivity contribution is 7.14. The van der Waals surface area contributed by atoms with Crippen LogP contribution in [0.3, 0.4) is 0 Å². The van der Waals surface area contributed by atoms with E-state index in [0.29, 0.717) is 10.8 Å².